The Labute approximate surface area is 83.2 Å². The summed E-state index contributed by atoms with van der Waals surface area (Å²) >= 11 is 11.5. The molecule has 12 heavy (non-hydrogen) atoms. The molecule has 0 bridgehead atoms. The second-order valence-corrected chi connectivity index (χ2v) is 4.62. The van der Waals surface area contributed by atoms with E-state index in [2.05, 4.69) is 0 Å². The van der Waals surface area contributed by atoms with E-state index >= 15 is 0 Å². The van der Waals surface area contributed by atoms with Crippen LogP contribution >= 0.6 is 23.2 Å². The van der Waals surface area contributed by atoms with E-state index in [1.165, 1.54) is 0 Å². The van der Waals surface area contributed by atoms with Crippen LogP contribution in [0.15, 0.2) is 0 Å². The van der Waals surface area contributed by atoms with Gasteiger partial charge in [-0.25, -0.2) is 4.79 Å². The van der Waals surface area contributed by atoms with Crippen molar-refractivity contribution in [1.82, 2.24) is 0 Å². The quantitative estimate of drug-likeness (QED) is 0.532. The molecule has 0 rings (SSSR count). The van der Waals surface area contributed by atoms with Gasteiger partial charge in [-0.05, 0) is 19.8 Å². The molecule has 0 aromatic heterocycles. The summed E-state index contributed by atoms with van der Waals surface area (Å²) in [5, 5.41) is 0. The maximum absolute atomic E-state index is 11.2. The lowest BCUT2D eigenvalue weighted by Crippen LogP contribution is -2.35. The largest absolute Gasteiger partial charge is 0.461 e. The third-order valence-corrected chi connectivity index (χ3v) is 2.52. The number of esters is 1. The summed E-state index contributed by atoms with van der Waals surface area (Å²) < 4.78 is 3.45. The van der Waals surface area contributed by atoms with Crippen molar-refractivity contribution in [2.24, 2.45) is 5.92 Å². The number of ether oxygens (including phenoxy) is 1. The zero-order valence-electron chi connectivity index (χ0n) is 7.73. The van der Waals surface area contributed by atoms with E-state index in [4.69, 9.17) is 27.9 Å². The van der Waals surface area contributed by atoms with Gasteiger partial charge >= 0.3 is 5.97 Å². The molecular formula is C8H14Cl2O2. The van der Waals surface area contributed by atoms with Crippen molar-refractivity contribution in [1.29, 1.82) is 0 Å². The highest BCUT2D eigenvalue weighted by Gasteiger charge is 2.39. The van der Waals surface area contributed by atoms with Gasteiger partial charge in [-0.15, -0.1) is 0 Å². The maximum Gasteiger partial charge on any atom is 0.343 e. The number of hydrogen-bond acceptors (Lipinski definition) is 2. The first-order valence-corrected chi connectivity index (χ1v) is 4.63. The van der Waals surface area contributed by atoms with E-state index in [0.29, 0.717) is 0 Å². The summed E-state index contributed by atoms with van der Waals surface area (Å²) in [4.78, 5) is 11.2. The van der Waals surface area contributed by atoms with E-state index in [1.807, 2.05) is 0 Å². The summed E-state index contributed by atoms with van der Waals surface area (Å²) in [6, 6.07) is 0. The van der Waals surface area contributed by atoms with Crippen LogP contribution < -0.4 is 0 Å². The molecule has 0 atom stereocenters. The molecule has 0 saturated heterocycles. The fraction of sp³-hybridized carbons (Fsp3) is 0.875. The number of rotatable bonds is 3. The van der Waals surface area contributed by atoms with Crippen LogP contribution in [0.2, 0.25) is 0 Å². The van der Waals surface area contributed by atoms with Gasteiger partial charge in [0.25, 0.3) is 0 Å². The van der Waals surface area contributed by atoms with Crippen LogP contribution in [-0.2, 0) is 9.53 Å². The van der Waals surface area contributed by atoms with Crippen LogP contribution in [0.25, 0.3) is 0 Å². The zero-order chi connectivity index (χ0) is 9.94. The van der Waals surface area contributed by atoms with Crippen LogP contribution in [0.4, 0.5) is 0 Å². The second-order valence-electron chi connectivity index (χ2n) is 3.23. The number of carbonyl (C=O) groups excluding carboxylic acids is 1. The highest BCUT2D eigenvalue weighted by Crippen LogP contribution is 2.31. The number of hydrogen-bond donors (Lipinski definition) is 0. The molecule has 0 amide bonds. The lowest BCUT2D eigenvalue weighted by atomic mass is 10.1. The van der Waals surface area contributed by atoms with Crippen molar-refractivity contribution in [3.8, 4) is 0 Å². The maximum atomic E-state index is 11.2. The van der Waals surface area contributed by atoms with Crippen molar-refractivity contribution in [3.63, 3.8) is 0 Å². The van der Waals surface area contributed by atoms with E-state index in [0.717, 1.165) is 0 Å². The molecule has 0 aromatic rings. The van der Waals surface area contributed by atoms with Crippen molar-refractivity contribution in [2.75, 3.05) is 0 Å². The van der Waals surface area contributed by atoms with Crippen LogP contribution in [0.5, 0.6) is 0 Å². The molecule has 0 fully saturated rings. The Morgan fingerprint density at radius 2 is 1.67 bits per heavy atom. The first-order valence-electron chi connectivity index (χ1n) is 3.87. The predicted octanol–water partition coefficient (Wildman–Crippen LogP) is 2.77. The third-order valence-electron chi connectivity index (χ3n) is 1.34. The summed E-state index contributed by atoms with van der Waals surface area (Å²) in [7, 11) is 0. The Balaban J connectivity index is 4.26. The smallest absolute Gasteiger partial charge is 0.343 e. The van der Waals surface area contributed by atoms with Gasteiger partial charge in [-0.2, -0.15) is 0 Å². The molecule has 0 radical (unpaired) electrons. The molecular weight excluding hydrogens is 199 g/mol. The molecule has 0 aromatic carbocycles. The molecule has 0 N–H and O–H groups in total. The normalized spacial score (nSPS) is 12.3. The van der Waals surface area contributed by atoms with Crippen molar-refractivity contribution >= 4 is 29.2 Å². The van der Waals surface area contributed by atoms with E-state index in [1.54, 1.807) is 27.7 Å². The molecule has 0 aliphatic rings. The lowest BCUT2D eigenvalue weighted by Gasteiger charge is -2.22. The minimum Gasteiger partial charge on any atom is -0.461 e. The van der Waals surface area contributed by atoms with Gasteiger partial charge in [-0.3, -0.25) is 0 Å². The van der Waals surface area contributed by atoms with E-state index in [9.17, 15) is 4.79 Å². The van der Waals surface area contributed by atoms with Crippen molar-refractivity contribution < 1.29 is 9.53 Å². The lowest BCUT2D eigenvalue weighted by molar-refractivity contribution is -0.149. The molecule has 0 aliphatic carbocycles. The van der Waals surface area contributed by atoms with Gasteiger partial charge in [0.2, 0.25) is 4.33 Å². The van der Waals surface area contributed by atoms with Crippen molar-refractivity contribution in [3.05, 3.63) is 0 Å². The summed E-state index contributed by atoms with van der Waals surface area (Å²) in [6.45, 7) is 7.04. The summed E-state index contributed by atoms with van der Waals surface area (Å²) in [5.74, 6) is -0.733. The Morgan fingerprint density at radius 1 is 1.25 bits per heavy atom. The Kier molecular flexibility index (Phi) is 4.35. The number of alkyl halides is 2. The minimum atomic E-state index is -1.43. The molecule has 2 nitrogen and oxygen atoms in total. The highest BCUT2D eigenvalue weighted by molar-refractivity contribution is 6.57. The van der Waals surface area contributed by atoms with Gasteiger partial charge in [0.05, 0.1) is 6.10 Å². The van der Waals surface area contributed by atoms with Crippen molar-refractivity contribution in [2.45, 2.75) is 38.1 Å². The van der Waals surface area contributed by atoms with Crippen LogP contribution in [0.3, 0.4) is 0 Å². The van der Waals surface area contributed by atoms with E-state index in [-0.39, 0.29) is 12.0 Å². The first kappa shape index (κ1) is 12.0. The fourth-order valence-electron chi connectivity index (χ4n) is 0.528. The molecule has 0 spiro atoms. The van der Waals surface area contributed by atoms with E-state index < -0.39 is 10.3 Å². The minimum absolute atomic E-state index is 0.160. The van der Waals surface area contributed by atoms with Crippen LogP contribution in [-0.4, -0.2) is 16.4 Å². The Hall–Kier alpha value is 0.0500. The molecule has 4 heteroatoms. The van der Waals surface area contributed by atoms with Gasteiger partial charge in [0.15, 0.2) is 0 Å². The summed E-state index contributed by atoms with van der Waals surface area (Å²) in [6.07, 6.45) is -0.187. The van der Waals surface area contributed by atoms with Gasteiger partial charge < -0.3 is 4.74 Å². The predicted molar refractivity (Wildman–Crippen MR) is 50.5 cm³/mol. The third kappa shape index (κ3) is 3.20. The fourth-order valence-corrected chi connectivity index (χ4v) is 0.617. The second kappa shape index (κ2) is 4.33. The van der Waals surface area contributed by atoms with Gasteiger partial charge in [0, 0.05) is 0 Å². The topological polar surface area (TPSA) is 26.3 Å². The number of halogens is 2. The molecule has 0 unspecified atom stereocenters. The highest BCUT2D eigenvalue weighted by atomic mass is 35.5. The zero-order valence-corrected chi connectivity index (χ0v) is 9.24. The molecule has 0 aliphatic heterocycles. The van der Waals surface area contributed by atoms with Gasteiger partial charge in [-0.1, -0.05) is 37.0 Å². The van der Waals surface area contributed by atoms with Gasteiger partial charge in [0.1, 0.15) is 0 Å². The molecule has 72 valence electrons. The Bertz CT molecular complexity index is 164. The average Bonchev–Trinajstić information content (AvgIpc) is 1.85. The standard InChI is InChI=1S/C8H14Cl2O2/c1-5(2)8(9,10)7(11)12-6(3)4/h5-6H,1-4H3. The van der Waals surface area contributed by atoms with Crippen LogP contribution in [0, 0.1) is 5.92 Å². The Morgan fingerprint density at radius 3 is 1.92 bits per heavy atom. The SMILES string of the molecule is CC(C)OC(=O)C(Cl)(Cl)C(C)C. The molecule has 0 saturated carbocycles. The molecule has 0 heterocycles. The first-order chi connectivity index (χ1) is 5.28. The van der Waals surface area contributed by atoms with Crippen LogP contribution in [0.1, 0.15) is 27.7 Å². The summed E-state index contributed by atoms with van der Waals surface area (Å²) in [5.41, 5.74) is 0. The number of carbonyl (C=O) groups is 1. The monoisotopic (exact) mass is 212 g/mol. The average molecular weight is 213 g/mol.